The number of ether oxygens (including phenoxy) is 2. The average Bonchev–Trinajstić information content (AvgIpc) is 3.43. The Morgan fingerprint density at radius 2 is 2.00 bits per heavy atom. The van der Waals surface area contributed by atoms with Crippen molar-refractivity contribution in [3.05, 3.63) is 77.6 Å². The predicted molar refractivity (Wildman–Crippen MR) is 116 cm³/mol. The molecule has 4 aromatic rings. The zero-order chi connectivity index (χ0) is 20.5. The molecule has 1 amide bonds. The van der Waals surface area contributed by atoms with Crippen molar-refractivity contribution < 1.29 is 14.3 Å². The Hall–Kier alpha value is -3.45. The number of aromatic nitrogens is 2. The number of para-hydroxylation sites is 1. The molecule has 0 radical (unpaired) electrons. The Kier molecular flexibility index (Phi) is 4.80. The molecule has 0 fully saturated rings. The number of carbonyl (C=O) groups excluding carboxylic acids is 1. The summed E-state index contributed by atoms with van der Waals surface area (Å²) in [6, 6.07) is 17.1. The van der Waals surface area contributed by atoms with E-state index in [4.69, 9.17) is 14.5 Å². The van der Waals surface area contributed by atoms with Crippen molar-refractivity contribution in [1.29, 1.82) is 0 Å². The minimum Gasteiger partial charge on any atom is -0.454 e. The number of rotatable bonds is 5. The highest BCUT2D eigenvalue weighted by molar-refractivity contribution is 7.22. The van der Waals surface area contributed by atoms with Gasteiger partial charge >= 0.3 is 0 Å². The monoisotopic (exact) mass is 417 g/mol. The molecule has 0 saturated carbocycles. The van der Waals surface area contributed by atoms with Crippen molar-refractivity contribution in [1.82, 2.24) is 9.97 Å². The van der Waals surface area contributed by atoms with Crippen LogP contribution >= 0.6 is 11.3 Å². The molecule has 1 aliphatic rings. The lowest BCUT2D eigenvalue weighted by Crippen LogP contribution is -2.30. The van der Waals surface area contributed by atoms with Crippen LogP contribution in [0, 0.1) is 0 Å². The Morgan fingerprint density at radius 1 is 1.10 bits per heavy atom. The summed E-state index contributed by atoms with van der Waals surface area (Å²) in [6.07, 6.45) is 2.61. The second-order valence-corrected chi connectivity index (χ2v) is 7.90. The largest absolute Gasteiger partial charge is 0.454 e. The molecule has 2 aromatic heterocycles. The summed E-state index contributed by atoms with van der Waals surface area (Å²) in [4.78, 5) is 24.5. The molecule has 0 bridgehead atoms. The van der Waals surface area contributed by atoms with Crippen molar-refractivity contribution >= 4 is 32.6 Å². The number of carbonyl (C=O) groups is 1. The van der Waals surface area contributed by atoms with Gasteiger partial charge in [0, 0.05) is 11.8 Å². The number of hydrogen-bond donors (Lipinski definition) is 0. The fourth-order valence-corrected chi connectivity index (χ4v) is 4.47. The van der Waals surface area contributed by atoms with E-state index in [-0.39, 0.29) is 12.7 Å². The summed E-state index contributed by atoms with van der Waals surface area (Å²) in [5, 5.41) is 0.652. The Balaban J connectivity index is 1.57. The minimum absolute atomic E-state index is 0.156. The summed E-state index contributed by atoms with van der Waals surface area (Å²) in [7, 11) is 0. The summed E-state index contributed by atoms with van der Waals surface area (Å²) in [6.45, 7) is 2.61. The van der Waals surface area contributed by atoms with Crippen molar-refractivity contribution in [3.8, 4) is 11.5 Å². The van der Waals surface area contributed by atoms with Crippen LogP contribution in [-0.4, -0.2) is 22.7 Å². The fourth-order valence-electron chi connectivity index (χ4n) is 3.46. The normalized spacial score (nSPS) is 12.3. The number of aryl methyl sites for hydroxylation is 1. The number of anilines is 1. The van der Waals surface area contributed by atoms with E-state index in [1.165, 1.54) is 16.9 Å². The summed E-state index contributed by atoms with van der Waals surface area (Å²) in [5.74, 6) is 1.07. The van der Waals surface area contributed by atoms with Gasteiger partial charge in [0.25, 0.3) is 5.91 Å². The van der Waals surface area contributed by atoms with Gasteiger partial charge < -0.3 is 9.47 Å². The summed E-state index contributed by atoms with van der Waals surface area (Å²) < 4.78 is 11.9. The van der Waals surface area contributed by atoms with Crippen LogP contribution in [0.4, 0.5) is 5.13 Å². The van der Waals surface area contributed by atoms with E-state index in [1.807, 2.05) is 30.3 Å². The molecule has 3 heterocycles. The molecule has 0 unspecified atom stereocenters. The van der Waals surface area contributed by atoms with Crippen LogP contribution in [0.5, 0.6) is 11.5 Å². The number of benzene rings is 2. The first-order valence-corrected chi connectivity index (χ1v) is 10.5. The third-order valence-corrected chi connectivity index (χ3v) is 6.06. The lowest BCUT2D eigenvalue weighted by molar-refractivity contribution is 0.0984. The molecular formula is C23H19N3O3S. The number of thiazole rings is 1. The van der Waals surface area contributed by atoms with E-state index in [2.05, 4.69) is 18.0 Å². The Morgan fingerprint density at radius 3 is 2.83 bits per heavy atom. The first kappa shape index (κ1) is 18.6. The van der Waals surface area contributed by atoms with Gasteiger partial charge in [-0.2, -0.15) is 0 Å². The number of pyridine rings is 1. The van der Waals surface area contributed by atoms with Gasteiger partial charge in [0.2, 0.25) is 6.79 Å². The molecule has 30 heavy (non-hydrogen) atoms. The second-order valence-electron chi connectivity index (χ2n) is 6.89. The van der Waals surface area contributed by atoms with Crippen LogP contribution in [0.2, 0.25) is 0 Å². The van der Waals surface area contributed by atoms with E-state index in [0.29, 0.717) is 28.7 Å². The van der Waals surface area contributed by atoms with Crippen LogP contribution in [-0.2, 0) is 13.0 Å². The third kappa shape index (κ3) is 3.37. The van der Waals surface area contributed by atoms with E-state index in [1.54, 1.807) is 29.3 Å². The molecule has 1 aliphatic heterocycles. The first-order valence-electron chi connectivity index (χ1n) is 9.73. The third-order valence-electron chi connectivity index (χ3n) is 5.01. The quantitative estimate of drug-likeness (QED) is 0.465. The smallest absolute Gasteiger partial charge is 0.260 e. The molecular weight excluding hydrogens is 398 g/mol. The second kappa shape index (κ2) is 7.76. The van der Waals surface area contributed by atoms with E-state index < -0.39 is 0 Å². The molecule has 2 aromatic carbocycles. The molecule has 0 spiro atoms. The molecule has 6 nitrogen and oxygen atoms in total. The van der Waals surface area contributed by atoms with Crippen LogP contribution < -0.4 is 14.4 Å². The van der Waals surface area contributed by atoms with Gasteiger partial charge in [-0.1, -0.05) is 36.5 Å². The van der Waals surface area contributed by atoms with Crippen molar-refractivity contribution in [2.45, 2.75) is 19.9 Å². The molecule has 0 N–H and O–H groups in total. The maximum absolute atomic E-state index is 13.5. The SMILES string of the molecule is CCc1cccc2sc(N(Cc3ccccn3)C(=O)c3ccc4c(c3)OCO4)nc12. The zero-order valence-corrected chi connectivity index (χ0v) is 17.2. The summed E-state index contributed by atoms with van der Waals surface area (Å²) >= 11 is 1.51. The van der Waals surface area contributed by atoms with E-state index >= 15 is 0 Å². The van der Waals surface area contributed by atoms with Gasteiger partial charge in [0.15, 0.2) is 16.6 Å². The predicted octanol–water partition coefficient (Wildman–Crippen LogP) is 4.83. The summed E-state index contributed by atoms with van der Waals surface area (Å²) in [5.41, 5.74) is 3.43. The molecule has 150 valence electrons. The lowest BCUT2D eigenvalue weighted by Gasteiger charge is -2.19. The molecule has 7 heteroatoms. The number of hydrogen-bond acceptors (Lipinski definition) is 6. The first-order chi connectivity index (χ1) is 14.7. The number of amides is 1. The average molecular weight is 417 g/mol. The molecule has 5 rings (SSSR count). The maximum atomic E-state index is 13.5. The van der Waals surface area contributed by atoms with Gasteiger partial charge in [-0.25, -0.2) is 4.98 Å². The van der Waals surface area contributed by atoms with Crippen LogP contribution in [0.1, 0.15) is 28.5 Å². The molecule has 0 aliphatic carbocycles. The number of fused-ring (bicyclic) bond motifs is 2. The van der Waals surface area contributed by atoms with Gasteiger partial charge in [0.05, 0.1) is 22.5 Å². The molecule has 0 atom stereocenters. The topological polar surface area (TPSA) is 64.6 Å². The molecule has 0 saturated heterocycles. The van der Waals surface area contributed by atoms with Crippen LogP contribution in [0.15, 0.2) is 60.8 Å². The van der Waals surface area contributed by atoms with Gasteiger partial charge in [-0.3, -0.25) is 14.7 Å². The Labute approximate surface area is 177 Å². The van der Waals surface area contributed by atoms with Gasteiger partial charge in [-0.15, -0.1) is 0 Å². The van der Waals surface area contributed by atoms with Gasteiger partial charge in [0.1, 0.15) is 0 Å². The van der Waals surface area contributed by atoms with Gasteiger partial charge in [-0.05, 0) is 48.4 Å². The highest BCUT2D eigenvalue weighted by Crippen LogP contribution is 2.35. The lowest BCUT2D eigenvalue weighted by atomic mass is 10.1. The maximum Gasteiger partial charge on any atom is 0.260 e. The number of nitrogens with zero attached hydrogens (tertiary/aromatic N) is 3. The highest BCUT2D eigenvalue weighted by Gasteiger charge is 2.25. The highest BCUT2D eigenvalue weighted by atomic mass is 32.1. The minimum atomic E-state index is -0.156. The van der Waals surface area contributed by atoms with Crippen LogP contribution in [0.25, 0.3) is 10.2 Å². The Bertz CT molecular complexity index is 1220. The van der Waals surface area contributed by atoms with Crippen molar-refractivity contribution in [2.75, 3.05) is 11.7 Å². The standard InChI is InChI=1S/C23H19N3O3S/c1-2-15-6-5-8-20-21(15)25-23(30-20)26(13-17-7-3-4-11-24-17)22(27)16-9-10-18-19(12-16)29-14-28-18/h3-12H,2,13-14H2,1H3. The van der Waals surface area contributed by atoms with Crippen molar-refractivity contribution in [3.63, 3.8) is 0 Å². The zero-order valence-electron chi connectivity index (χ0n) is 16.4. The van der Waals surface area contributed by atoms with E-state index in [9.17, 15) is 4.79 Å². The van der Waals surface area contributed by atoms with Crippen molar-refractivity contribution in [2.24, 2.45) is 0 Å². The van der Waals surface area contributed by atoms with Crippen LogP contribution in [0.3, 0.4) is 0 Å². The fraction of sp³-hybridized carbons (Fsp3) is 0.174. The van der Waals surface area contributed by atoms with E-state index in [0.717, 1.165) is 22.3 Å².